The van der Waals surface area contributed by atoms with E-state index in [0.29, 0.717) is 12.5 Å². The molecular formula is C16H27NO. The van der Waals surface area contributed by atoms with Crippen LogP contribution in [0.4, 0.5) is 0 Å². The number of hydrogen-bond donors (Lipinski definition) is 2. The van der Waals surface area contributed by atoms with Gasteiger partial charge < -0.3 is 10.8 Å². The summed E-state index contributed by atoms with van der Waals surface area (Å²) in [6, 6.07) is 6.52. The molecule has 102 valence electrons. The normalized spacial score (nSPS) is 14.8. The highest BCUT2D eigenvalue weighted by molar-refractivity contribution is 5.30. The fourth-order valence-corrected chi connectivity index (χ4v) is 2.63. The van der Waals surface area contributed by atoms with Crippen LogP contribution in [-0.2, 0) is 6.42 Å². The van der Waals surface area contributed by atoms with Gasteiger partial charge in [0.1, 0.15) is 0 Å². The minimum atomic E-state index is -0.171. The molecule has 1 atom stereocenters. The fraction of sp³-hybridized carbons (Fsp3) is 0.625. The van der Waals surface area contributed by atoms with Gasteiger partial charge in [-0.05, 0) is 49.3 Å². The zero-order valence-electron chi connectivity index (χ0n) is 12.2. The van der Waals surface area contributed by atoms with Crippen LogP contribution in [0.3, 0.4) is 0 Å². The van der Waals surface area contributed by atoms with Gasteiger partial charge in [0.2, 0.25) is 0 Å². The minimum Gasteiger partial charge on any atom is -0.396 e. The Hall–Kier alpha value is -0.860. The van der Waals surface area contributed by atoms with E-state index in [-0.39, 0.29) is 12.0 Å². The maximum atomic E-state index is 9.73. The second kappa shape index (κ2) is 6.35. The van der Waals surface area contributed by atoms with Crippen LogP contribution < -0.4 is 5.73 Å². The summed E-state index contributed by atoms with van der Waals surface area (Å²) >= 11 is 0. The highest BCUT2D eigenvalue weighted by Crippen LogP contribution is 2.30. The van der Waals surface area contributed by atoms with Gasteiger partial charge in [0.05, 0.1) is 6.61 Å². The molecular weight excluding hydrogens is 222 g/mol. The molecule has 1 aromatic rings. The molecule has 0 fully saturated rings. The molecule has 0 saturated carbocycles. The molecule has 0 amide bonds. The van der Waals surface area contributed by atoms with Crippen LogP contribution in [0, 0.1) is 25.2 Å². The number of aliphatic hydroxyl groups excluding tert-OH is 1. The van der Waals surface area contributed by atoms with E-state index in [1.807, 2.05) is 0 Å². The fourth-order valence-electron chi connectivity index (χ4n) is 2.63. The molecule has 0 aliphatic rings. The second-order valence-corrected chi connectivity index (χ2v) is 6.06. The van der Waals surface area contributed by atoms with E-state index in [1.165, 1.54) is 16.7 Å². The maximum Gasteiger partial charge on any atom is 0.0502 e. The lowest BCUT2D eigenvalue weighted by Gasteiger charge is -2.32. The number of rotatable bonds is 6. The van der Waals surface area contributed by atoms with Crippen molar-refractivity contribution >= 4 is 0 Å². The van der Waals surface area contributed by atoms with Gasteiger partial charge in [-0.15, -0.1) is 0 Å². The molecule has 0 aliphatic carbocycles. The number of nitrogens with two attached hydrogens (primary N) is 1. The van der Waals surface area contributed by atoms with Gasteiger partial charge in [-0.25, -0.2) is 0 Å². The largest absolute Gasteiger partial charge is 0.396 e. The van der Waals surface area contributed by atoms with Crippen molar-refractivity contribution < 1.29 is 5.11 Å². The topological polar surface area (TPSA) is 46.2 Å². The summed E-state index contributed by atoms with van der Waals surface area (Å²) < 4.78 is 0. The first-order chi connectivity index (χ1) is 8.42. The molecule has 3 N–H and O–H groups in total. The molecule has 0 spiro atoms. The van der Waals surface area contributed by atoms with Gasteiger partial charge in [0, 0.05) is 12.0 Å². The van der Waals surface area contributed by atoms with Gasteiger partial charge in [0.25, 0.3) is 0 Å². The molecule has 0 bridgehead atoms. The van der Waals surface area contributed by atoms with E-state index < -0.39 is 0 Å². The Bertz CT molecular complexity index is 381. The SMILES string of the molecule is Cc1ccc(CC(CN)(CO)CC(C)C)cc1C. The first-order valence-electron chi connectivity index (χ1n) is 6.79. The Morgan fingerprint density at radius 2 is 1.89 bits per heavy atom. The molecule has 1 unspecified atom stereocenters. The quantitative estimate of drug-likeness (QED) is 0.814. The standard InChI is InChI=1S/C16H27NO/c1-12(2)8-16(10-17,11-18)9-15-6-5-13(3)14(4)7-15/h5-7,12,18H,8-11,17H2,1-4H3. The third-order valence-corrected chi connectivity index (χ3v) is 3.76. The lowest BCUT2D eigenvalue weighted by Crippen LogP contribution is -2.37. The van der Waals surface area contributed by atoms with E-state index in [4.69, 9.17) is 5.73 Å². The molecule has 0 aromatic heterocycles. The van der Waals surface area contributed by atoms with Crippen molar-refractivity contribution in [2.45, 2.75) is 40.5 Å². The third-order valence-electron chi connectivity index (χ3n) is 3.76. The van der Waals surface area contributed by atoms with Crippen LogP contribution in [0.25, 0.3) is 0 Å². The minimum absolute atomic E-state index is 0.161. The number of aryl methyl sites for hydroxylation is 2. The van der Waals surface area contributed by atoms with Gasteiger partial charge in [-0.2, -0.15) is 0 Å². The Morgan fingerprint density at radius 3 is 2.33 bits per heavy atom. The molecule has 0 heterocycles. The van der Waals surface area contributed by atoms with Crippen LogP contribution in [0.1, 0.15) is 37.0 Å². The zero-order valence-corrected chi connectivity index (χ0v) is 12.2. The predicted octanol–water partition coefficient (Wildman–Crippen LogP) is 2.83. The Kier molecular flexibility index (Phi) is 5.36. The van der Waals surface area contributed by atoms with Gasteiger partial charge in [-0.3, -0.25) is 0 Å². The Morgan fingerprint density at radius 1 is 1.22 bits per heavy atom. The molecule has 0 saturated heterocycles. The molecule has 0 radical (unpaired) electrons. The monoisotopic (exact) mass is 249 g/mol. The van der Waals surface area contributed by atoms with Crippen molar-refractivity contribution in [1.82, 2.24) is 0 Å². The molecule has 0 aliphatic heterocycles. The second-order valence-electron chi connectivity index (χ2n) is 6.06. The highest BCUT2D eigenvalue weighted by Gasteiger charge is 2.29. The summed E-state index contributed by atoms with van der Waals surface area (Å²) in [4.78, 5) is 0. The van der Waals surface area contributed by atoms with E-state index in [1.54, 1.807) is 0 Å². The molecule has 1 aromatic carbocycles. The van der Waals surface area contributed by atoms with Crippen LogP contribution in [0.5, 0.6) is 0 Å². The van der Waals surface area contributed by atoms with Crippen LogP contribution in [0.2, 0.25) is 0 Å². The zero-order chi connectivity index (χ0) is 13.8. The van der Waals surface area contributed by atoms with E-state index in [9.17, 15) is 5.11 Å². The van der Waals surface area contributed by atoms with Crippen molar-refractivity contribution in [3.63, 3.8) is 0 Å². The average molecular weight is 249 g/mol. The Balaban J connectivity index is 2.92. The molecule has 2 heteroatoms. The van der Waals surface area contributed by atoms with Gasteiger partial charge >= 0.3 is 0 Å². The molecule has 1 rings (SSSR count). The lowest BCUT2D eigenvalue weighted by atomic mass is 9.76. The van der Waals surface area contributed by atoms with Crippen molar-refractivity contribution in [2.75, 3.05) is 13.2 Å². The number of benzene rings is 1. The highest BCUT2D eigenvalue weighted by atomic mass is 16.3. The third kappa shape index (κ3) is 3.82. The van der Waals surface area contributed by atoms with Crippen molar-refractivity contribution in [3.05, 3.63) is 34.9 Å². The number of hydrogen-bond acceptors (Lipinski definition) is 2. The summed E-state index contributed by atoms with van der Waals surface area (Å²) in [5.41, 5.74) is 9.64. The first kappa shape index (κ1) is 15.2. The predicted molar refractivity (Wildman–Crippen MR) is 77.6 cm³/mol. The van der Waals surface area contributed by atoms with Crippen LogP contribution >= 0.6 is 0 Å². The van der Waals surface area contributed by atoms with E-state index in [2.05, 4.69) is 45.9 Å². The summed E-state index contributed by atoms with van der Waals surface area (Å²) in [5, 5.41) is 9.73. The lowest BCUT2D eigenvalue weighted by molar-refractivity contribution is 0.108. The smallest absolute Gasteiger partial charge is 0.0502 e. The van der Waals surface area contributed by atoms with Gasteiger partial charge in [-0.1, -0.05) is 32.0 Å². The van der Waals surface area contributed by atoms with Crippen molar-refractivity contribution in [1.29, 1.82) is 0 Å². The Labute approximate surface area is 111 Å². The van der Waals surface area contributed by atoms with E-state index in [0.717, 1.165) is 12.8 Å². The van der Waals surface area contributed by atoms with E-state index >= 15 is 0 Å². The molecule has 2 nitrogen and oxygen atoms in total. The van der Waals surface area contributed by atoms with Crippen LogP contribution in [0.15, 0.2) is 18.2 Å². The molecule has 18 heavy (non-hydrogen) atoms. The van der Waals surface area contributed by atoms with Crippen LogP contribution in [-0.4, -0.2) is 18.3 Å². The maximum absolute atomic E-state index is 9.73. The summed E-state index contributed by atoms with van der Waals surface area (Å²) in [5.74, 6) is 0.548. The number of aliphatic hydroxyl groups is 1. The summed E-state index contributed by atoms with van der Waals surface area (Å²) in [7, 11) is 0. The summed E-state index contributed by atoms with van der Waals surface area (Å²) in [6.07, 6.45) is 1.83. The van der Waals surface area contributed by atoms with Crippen molar-refractivity contribution in [2.24, 2.45) is 17.1 Å². The summed E-state index contributed by atoms with van der Waals surface area (Å²) in [6.45, 7) is 9.31. The van der Waals surface area contributed by atoms with Gasteiger partial charge in [0.15, 0.2) is 0 Å². The van der Waals surface area contributed by atoms with Crippen molar-refractivity contribution in [3.8, 4) is 0 Å². The average Bonchev–Trinajstić information content (AvgIpc) is 2.32. The first-order valence-corrected chi connectivity index (χ1v) is 6.79.